The summed E-state index contributed by atoms with van der Waals surface area (Å²) in [5, 5.41) is 0. The molecule has 2 N–H and O–H groups in total. The van der Waals surface area contributed by atoms with Gasteiger partial charge in [-0.2, -0.15) is 0 Å². The first kappa shape index (κ1) is 16.0. The number of carbonyl (C=O) groups excluding carboxylic acids is 1. The van der Waals surface area contributed by atoms with Gasteiger partial charge in [0.15, 0.2) is 0 Å². The van der Waals surface area contributed by atoms with Crippen molar-refractivity contribution in [3.63, 3.8) is 0 Å². The third kappa shape index (κ3) is 4.51. The van der Waals surface area contributed by atoms with Gasteiger partial charge in [-0.05, 0) is 50.6 Å². The van der Waals surface area contributed by atoms with E-state index in [0.29, 0.717) is 6.54 Å². The van der Waals surface area contributed by atoms with Crippen LogP contribution in [-0.4, -0.2) is 26.2 Å². The molecule has 1 aromatic carbocycles. The Kier molecular flexibility index (Phi) is 5.82. The van der Waals surface area contributed by atoms with Crippen LogP contribution in [0.25, 0.3) is 0 Å². The van der Waals surface area contributed by atoms with Gasteiger partial charge in [0.1, 0.15) is 12.4 Å². The number of ether oxygens (including phenoxy) is 2. The molecule has 0 heterocycles. The summed E-state index contributed by atoms with van der Waals surface area (Å²) < 4.78 is 11.5. The van der Waals surface area contributed by atoms with Crippen molar-refractivity contribution in [2.24, 2.45) is 11.1 Å². The second kappa shape index (κ2) is 6.91. The van der Waals surface area contributed by atoms with Gasteiger partial charge in [0.2, 0.25) is 0 Å². The molecular formula is C14H20BrNO3. The number of halogens is 1. The van der Waals surface area contributed by atoms with Crippen LogP contribution < -0.4 is 10.5 Å². The maximum Gasteiger partial charge on any atom is 0.314 e. The van der Waals surface area contributed by atoms with E-state index in [1.54, 1.807) is 13.8 Å². The van der Waals surface area contributed by atoms with Crippen LogP contribution >= 0.6 is 15.9 Å². The summed E-state index contributed by atoms with van der Waals surface area (Å²) in [6.45, 7) is 4.40. The van der Waals surface area contributed by atoms with Crippen molar-refractivity contribution in [1.82, 2.24) is 0 Å². The molecule has 0 aromatic heterocycles. The molecule has 0 fully saturated rings. The first-order valence-corrected chi connectivity index (χ1v) is 6.89. The molecule has 0 aliphatic rings. The quantitative estimate of drug-likeness (QED) is 0.814. The number of nitrogens with two attached hydrogens (primary N) is 1. The van der Waals surface area contributed by atoms with E-state index in [4.69, 9.17) is 15.2 Å². The Bertz CT molecular complexity index is 446. The monoisotopic (exact) mass is 329 g/mol. The third-order valence-corrected chi connectivity index (χ3v) is 3.26. The minimum Gasteiger partial charge on any atom is -0.492 e. The molecule has 0 amide bonds. The van der Waals surface area contributed by atoms with E-state index in [1.165, 1.54) is 7.11 Å². The lowest BCUT2D eigenvalue weighted by Gasteiger charge is -2.22. The number of hydrogen-bond donors (Lipinski definition) is 1. The molecular weight excluding hydrogens is 310 g/mol. The summed E-state index contributed by atoms with van der Waals surface area (Å²) in [4.78, 5) is 11.6. The van der Waals surface area contributed by atoms with Crippen LogP contribution in [0.4, 0.5) is 0 Å². The van der Waals surface area contributed by atoms with Crippen LogP contribution in [0.15, 0.2) is 22.7 Å². The molecule has 0 aliphatic carbocycles. The van der Waals surface area contributed by atoms with Crippen molar-refractivity contribution in [3.05, 3.63) is 28.2 Å². The lowest BCUT2D eigenvalue weighted by Crippen LogP contribution is -2.32. The standard InChI is InChI=1S/C14H20BrNO3/c1-14(2,13(17)18-3)9-19-12-5-4-11(15)8-10(12)6-7-16/h4-5,8H,6-7,9,16H2,1-3H3. The van der Waals surface area contributed by atoms with Gasteiger partial charge in [-0.3, -0.25) is 4.79 Å². The van der Waals surface area contributed by atoms with E-state index in [2.05, 4.69) is 15.9 Å². The summed E-state index contributed by atoms with van der Waals surface area (Å²) in [6.07, 6.45) is 0.730. The Labute approximate surface area is 122 Å². The molecule has 0 saturated heterocycles. The Morgan fingerprint density at radius 2 is 2.11 bits per heavy atom. The van der Waals surface area contributed by atoms with Crippen molar-refractivity contribution in [3.8, 4) is 5.75 Å². The Morgan fingerprint density at radius 1 is 1.42 bits per heavy atom. The number of carbonyl (C=O) groups is 1. The fraction of sp³-hybridized carbons (Fsp3) is 0.500. The molecule has 4 nitrogen and oxygen atoms in total. The highest BCUT2D eigenvalue weighted by molar-refractivity contribution is 9.10. The van der Waals surface area contributed by atoms with Crippen LogP contribution in [0, 0.1) is 5.41 Å². The SMILES string of the molecule is COC(=O)C(C)(C)COc1ccc(Br)cc1CCN. The van der Waals surface area contributed by atoms with Gasteiger partial charge in [0.05, 0.1) is 12.5 Å². The fourth-order valence-corrected chi connectivity index (χ4v) is 2.04. The van der Waals surface area contributed by atoms with Gasteiger partial charge >= 0.3 is 5.97 Å². The van der Waals surface area contributed by atoms with E-state index < -0.39 is 5.41 Å². The van der Waals surface area contributed by atoms with Crippen LogP contribution in [0.2, 0.25) is 0 Å². The zero-order chi connectivity index (χ0) is 14.5. The van der Waals surface area contributed by atoms with Crippen LogP contribution in [-0.2, 0) is 16.0 Å². The fourth-order valence-electron chi connectivity index (χ4n) is 1.63. The molecule has 0 radical (unpaired) electrons. The van der Waals surface area contributed by atoms with Gasteiger partial charge in [0.25, 0.3) is 0 Å². The molecule has 0 saturated carbocycles. The van der Waals surface area contributed by atoms with E-state index >= 15 is 0 Å². The summed E-state index contributed by atoms with van der Waals surface area (Å²) in [5.41, 5.74) is 5.93. The summed E-state index contributed by atoms with van der Waals surface area (Å²) in [5.74, 6) is 0.468. The number of hydrogen-bond acceptors (Lipinski definition) is 4. The molecule has 19 heavy (non-hydrogen) atoms. The number of esters is 1. The summed E-state index contributed by atoms with van der Waals surface area (Å²) in [7, 11) is 1.38. The van der Waals surface area contributed by atoms with Crippen LogP contribution in [0.1, 0.15) is 19.4 Å². The molecule has 0 aliphatic heterocycles. The molecule has 0 unspecified atom stereocenters. The second-order valence-electron chi connectivity index (χ2n) is 4.95. The highest BCUT2D eigenvalue weighted by atomic mass is 79.9. The average Bonchev–Trinajstić information content (AvgIpc) is 2.37. The van der Waals surface area contributed by atoms with Crippen molar-refractivity contribution >= 4 is 21.9 Å². The second-order valence-corrected chi connectivity index (χ2v) is 5.87. The van der Waals surface area contributed by atoms with Crippen LogP contribution in [0.3, 0.4) is 0 Å². The molecule has 106 valence electrons. The molecule has 0 spiro atoms. The normalized spacial score (nSPS) is 11.2. The third-order valence-electron chi connectivity index (χ3n) is 2.76. The zero-order valence-corrected chi connectivity index (χ0v) is 13.1. The number of benzene rings is 1. The largest absolute Gasteiger partial charge is 0.492 e. The van der Waals surface area contributed by atoms with Gasteiger partial charge in [0, 0.05) is 4.47 Å². The van der Waals surface area contributed by atoms with Gasteiger partial charge in [-0.1, -0.05) is 15.9 Å². The van der Waals surface area contributed by atoms with Crippen LogP contribution in [0.5, 0.6) is 5.75 Å². The summed E-state index contributed by atoms with van der Waals surface area (Å²) >= 11 is 3.42. The molecule has 1 rings (SSSR count). The molecule has 1 aromatic rings. The maximum atomic E-state index is 11.6. The van der Waals surface area contributed by atoms with Crippen molar-refractivity contribution in [2.45, 2.75) is 20.3 Å². The van der Waals surface area contributed by atoms with Gasteiger partial charge in [-0.15, -0.1) is 0 Å². The minimum atomic E-state index is -0.679. The lowest BCUT2D eigenvalue weighted by molar-refractivity contribution is -0.152. The van der Waals surface area contributed by atoms with E-state index in [-0.39, 0.29) is 12.6 Å². The number of methoxy groups -OCH3 is 1. The first-order valence-electron chi connectivity index (χ1n) is 6.10. The van der Waals surface area contributed by atoms with Crippen molar-refractivity contribution < 1.29 is 14.3 Å². The Balaban J connectivity index is 2.80. The minimum absolute atomic E-state index is 0.263. The smallest absolute Gasteiger partial charge is 0.314 e. The van der Waals surface area contributed by atoms with Crippen molar-refractivity contribution in [2.75, 3.05) is 20.3 Å². The Morgan fingerprint density at radius 3 is 2.68 bits per heavy atom. The van der Waals surface area contributed by atoms with E-state index in [0.717, 1.165) is 22.2 Å². The maximum absolute atomic E-state index is 11.6. The first-order chi connectivity index (χ1) is 8.90. The predicted octanol–water partition coefficient (Wildman–Crippen LogP) is 2.53. The lowest BCUT2D eigenvalue weighted by atomic mass is 9.95. The Hall–Kier alpha value is -1.07. The zero-order valence-electron chi connectivity index (χ0n) is 11.5. The topological polar surface area (TPSA) is 61.5 Å². The molecule has 0 atom stereocenters. The number of rotatable bonds is 6. The predicted molar refractivity (Wildman–Crippen MR) is 78.2 cm³/mol. The highest BCUT2D eigenvalue weighted by Gasteiger charge is 2.30. The molecule has 5 heteroatoms. The van der Waals surface area contributed by atoms with Gasteiger partial charge in [-0.25, -0.2) is 0 Å². The van der Waals surface area contributed by atoms with E-state index in [9.17, 15) is 4.79 Å². The molecule has 0 bridgehead atoms. The van der Waals surface area contributed by atoms with Gasteiger partial charge < -0.3 is 15.2 Å². The average molecular weight is 330 g/mol. The van der Waals surface area contributed by atoms with Crippen molar-refractivity contribution in [1.29, 1.82) is 0 Å². The summed E-state index contributed by atoms with van der Waals surface area (Å²) in [6, 6.07) is 5.76. The van der Waals surface area contributed by atoms with E-state index in [1.807, 2.05) is 18.2 Å². The highest BCUT2D eigenvalue weighted by Crippen LogP contribution is 2.26.